The maximum atomic E-state index is 13.1. The van der Waals surface area contributed by atoms with Gasteiger partial charge in [-0.3, -0.25) is 4.98 Å². The van der Waals surface area contributed by atoms with Crippen molar-refractivity contribution in [2.24, 2.45) is 0 Å². The third-order valence-corrected chi connectivity index (χ3v) is 2.85. The van der Waals surface area contributed by atoms with Crippen LogP contribution in [0.4, 0.5) is 22.0 Å². The van der Waals surface area contributed by atoms with E-state index in [1.807, 2.05) is 0 Å². The Labute approximate surface area is 114 Å². The summed E-state index contributed by atoms with van der Waals surface area (Å²) in [5.41, 5.74) is -0.643. The molecule has 0 saturated carbocycles. The predicted octanol–water partition coefficient (Wildman–Crippen LogP) is 3.92. The van der Waals surface area contributed by atoms with Gasteiger partial charge in [0.2, 0.25) is 0 Å². The first-order chi connectivity index (χ1) is 9.84. The normalized spacial score (nSPS) is 12.0. The van der Waals surface area contributed by atoms with Gasteiger partial charge < -0.3 is 4.98 Å². The van der Waals surface area contributed by atoms with Crippen LogP contribution in [0.2, 0.25) is 0 Å². The molecular formula is C13H6F5N3. The highest BCUT2D eigenvalue weighted by atomic mass is 19.4. The average Bonchev–Trinajstić information content (AvgIpc) is 2.81. The van der Waals surface area contributed by atoms with Crippen molar-refractivity contribution in [2.75, 3.05) is 0 Å². The number of pyridine rings is 1. The summed E-state index contributed by atoms with van der Waals surface area (Å²) >= 11 is 0. The lowest BCUT2D eigenvalue weighted by atomic mass is 10.2. The number of rotatable bonds is 1. The molecule has 108 valence electrons. The minimum Gasteiger partial charge on any atom is -0.338 e. The molecule has 0 saturated heterocycles. The molecule has 3 aromatic rings. The number of imidazole rings is 1. The fourth-order valence-corrected chi connectivity index (χ4v) is 1.87. The van der Waals surface area contributed by atoms with Gasteiger partial charge in [0.05, 0.1) is 11.0 Å². The van der Waals surface area contributed by atoms with Crippen LogP contribution in [0.3, 0.4) is 0 Å². The fourth-order valence-electron chi connectivity index (χ4n) is 1.87. The van der Waals surface area contributed by atoms with E-state index in [4.69, 9.17) is 0 Å². The molecule has 0 fully saturated rings. The molecule has 0 aliphatic heterocycles. The van der Waals surface area contributed by atoms with Crippen molar-refractivity contribution in [3.63, 3.8) is 0 Å². The van der Waals surface area contributed by atoms with Gasteiger partial charge in [0.1, 0.15) is 11.5 Å². The smallest absolute Gasteiger partial charge is 0.338 e. The van der Waals surface area contributed by atoms with Gasteiger partial charge in [-0.05, 0) is 12.1 Å². The lowest BCUT2D eigenvalue weighted by molar-refractivity contribution is -0.141. The maximum Gasteiger partial charge on any atom is 0.433 e. The first-order valence-electron chi connectivity index (χ1n) is 5.73. The van der Waals surface area contributed by atoms with E-state index in [0.717, 1.165) is 24.4 Å². The number of fused-ring (bicyclic) bond motifs is 1. The number of aromatic nitrogens is 3. The van der Waals surface area contributed by atoms with E-state index < -0.39 is 23.5 Å². The zero-order valence-corrected chi connectivity index (χ0v) is 10.2. The van der Waals surface area contributed by atoms with Gasteiger partial charge in [-0.1, -0.05) is 0 Å². The SMILES string of the molecule is Fc1cc2nc(-c3ccnc(C(F)(F)F)c3)[nH]c2cc1F. The van der Waals surface area contributed by atoms with Crippen LogP contribution in [0.15, 0.2) is 30.5 Å². The number of benzene rings is 1. The van der Waals surface area contributed by atoms with Crippen LogP contribution in [0.5, 0.6) is 0 Å². The highest BCUT2D eigenvalue weighted by Crippen LogP contribution is 2.30. The van der Waals surface area contributed by atoms with Crippen molar-refractivity contribution in [1.82, 2.24) is 15.0 Å². The van der Waals surface area contributed by atoms with Crippen molar-refractivity contribution in [2.45, 2.75) is 6.18 Å². The Kier molecular flexibility index (Phi) is 2.89. The molecule has 2 heterocycles. The number of hydrogen-bond donors (Lipinski definition) is 1. The topological polar surface area (TPSA) is 41.6 Å². The monoisotopic (exact) mass is 299 g/mol. The van der Waals surface area contributed by atoms with Crippen LogP contribution in [0.1, 0.15) is 5.69 Å². The standard InChI is InChI=1S/C13H6F5N3/c14-7-4-9-10(5-8(7)15)21-12(20-9)6-1-2-19-11(3-6)13(16,17)18/h1-5H,(H,20,21). The van der Waals surface area contributed by atoms with Gasteiger partial charge in [-0.15, -0.1) is 0 Å². The van der Waals surface area contributed by atoms with Crippen LogP contribution in [-0.2, 0) is 6.18 Å². The molecule has 8 heteroatoms. The highest BCUT2D eigenvalue weighted by molar-refractivity contribution is 5.79. The van der Waals surface area contributed by atoms with E-state index >= 15 is 0 Å². The minimum absolute atomic E-state index is 0.0721. The quantitative estimate of drug-likeness (QED) is 0.692. The molecule has 2 aromatic heterocycles. The number of H-pyrrole nitrogens is 1. The Bertz CT molecular complexity index is 783. The average molecular weight is 299 g/mol. The molecule has 0 radical (unpaired) electrons. The molecule has 1 N–H and O–H groups in total. The third kappa shape index (κ3) is 2.44. The number of alkyl halides is 3. The molecule has 0 bridgehead atoms. The lowest BCUT2D eigenvalue weighted by Gasteiger charge is -2.05. The van der Waals surface area contributed by atoms with Crippen LogP contribution in [-0.4, -0.2) is 15.0 Å². The molecule has 0 unspecified atom stereocenters. The van der Waals surface area contributed by atoms with Crippen LogP contribution in [0, 0.1) is 11.6 Å². The number of aromatic amines is 1. The number of nitrogens with zero attached hydrogens (tertiary/aromatic N) is 2. The van der Waals surface area contributed by atoms with Crippen molar-refractivity contribution < 1.29 is 22.0 Å². The van der Waals surface area contributed by atoms with Crippen molar-refractivity contribution in [1.29, 1.82) is 0 Å². The zero-order chi connectivity index (χ0) is 15.2. The van der Waals surface area contributed by atoms with Gasteiger partial charge in [-0.25, -0.2) is 13.8 Å². The molecule has 0 amide bonds. The number of nitrogens with one attached hydrogen (secondary N) is 1. The maximum absolute atomic E-state index is 13.1. The van der Waals surface area contributed by atoms with Crippen LogP contribution >= 0.6 is 0 Å². The molecule has 3 rings (SSSR count). The Hall–Kier alpha value is -2.51. The Morgan fingerprint density at radius 1 is 1.00 bits per heavy atom. The van der Waals surface area contributed by atoms with Crippen molar-refractivity contribution in [3.8, 4) is 11.4 Å². The third-order valence-electron chi connectivity index (χ3n) is 2.85. The largest absolute Gasteiger partial charge is 0.433 e. The van der Waals surface area contributed by atoms with Gasteiger partial charge in [0.15, 0.2) is 11.6 Å². The summed E-state index contributed by atoms with van der Waals surface area (Å²) in [6, 6.07) is 3.90. The number of halogens is 5. The second-order valence-electron chi connectivity index (χ2n) is 4.30. The summed E-state index contributed by atoms with van der Waals surface area (Å²) < 4.78 is 64.0. The molecule has 0 spiro atoms. The Balaban J connectivity index is 2.12. The van der Waals surface area contributed by atoms with E-state index in [2.05, 4.69) is 15.0 Å². The van der Waals surface area contributed by atoms with Gasteiger partial charge in [0, 0.05) is 23.9 Å². The highest BCUT2D eigenvalue weighted by Gasteiger charge is 2.32. The number of hydrogen-bond acceptors (Lipinski definition) is 2. The van der Waals surface area contributed by atoms with E-state index in [-0.39, 0.29) is 22.4 Å². The molecule has 0 aliphatic rings. The van der Waals surface area contributed by atoms with Crippen LogP contribution < -0.4 is 0 Å². The summed E-state index contributed by atoms with van der Waals surface area (Å²) in [4.78, 5) is 9.83. The summed E-state index contributed by atoms with van der Waals surface area (Å²) in [7, 11) is 0. The van der Waals surface area contributed by atoms with Crippen LogP contribution in [0.25, 0.3) is 22.4 Å². The Morgan fingerprint density at radius 3 is 2.43 bits per heavy atom. The summed E-state index contributed by atoms with van der Waals surface area (Å²) in [5.74, 6) is -2.07. The van der Waals surface area contributed by atoms with E-state index in [9.17, 15) is 22.0 Å². The Morgan fingerprint density at radius 2 is 1.71 bits per heavy atom. The van der Waals surface area contributed by atoms with Gasteiger partial charge >= 0.3 is 6.18 Å². The summed E-state index contributed by atoms with van der Waals surface area (Å²) in [6.07, 6.45) is -3.59. The summed E-state index contributed by atoms with van der Waals surface area (Å²) in [6.45, 7) is 0. The van der Waals surface area contributed by atoms with Crippen molar-refractivity contribution in [3.05, 3.63) is 47.8 Å². The predicted molar refractivity (Wildman–Crippen MR) is 64.2 cm³/mol. The molecular weight excluding hydrogens is 293 g/mol. The van der Waals surface area contributed by atoms with E-state index in [1.165, 1.54) is 6.07 Å². The molecule has 0 atom stereocenters. The molecule has 0 aliphatic carbocycles. The summed E-state index contributed by atoms with van der Waals surface area (Å²) in [5, 5.41) is 0. The zero-order valence-electron chi connectivity index (χ0n) is 10.2. The first-order valence-corrected chi connectivity index (χ1v) is 5.73. The molecule has 21 heavy (non-hydrogen) atoms. The molecule has 1 aromatic carbocycles. The minimum atomic E-state index is -4.58. The van der Waals surface area contributed by atoms with E-state index in [1.54, 1.807) is 0 Å². The molecule has 3 nitrogen and oxygen atoms in total. The van der Waals surface area contributed by atoms with E-state index in [0.29, 0.717) is 0 Å². The fraction of sp³-hybridized carbons (Fsp3) is 0.0769. The lowest BCUT2D eigenvalue weighted by Crippen LogP contribution is -2.07. The second kappa shape index (κ2) is 4.51. The van der Waals surface area contributed by atoms with Gasteiger partial charge in [-0.2, -0.15) is 13.2 Å². The second-order valence-corrected chi connectivity index (χ2v) is 4.30. The van der Waals surface area contributed by atoms with Gasteiger partial charge in [0.25, 0.3) is 0 Å². The first kappa shape index (κ1) is 13.5. The van der Waals surface area contributed by atoms with Crippen molar-refractivity contribution >= 4 is 11.0 Å².